The van der Waals surface area contributed by atoms with Gasteiger partial charge in [0.2, 0.25) is 5.91 Å². The SMILES string of the molecule is Cc1cc(NC[C@H]2CCN(C)C(=O)C2)nc(-c2ccccn2)n1. The lowest BCUT2D eigenvalue weighted by Crippen LogP contribution is -2.37. The van der Waals surface area contributed by atoms with E-state index in [0.29, 0.717) is 18.2 Å². The summed E-state index contributed by atoms with van der Waals surface area (Å²) in [5.74, 6) is 1.97. The Bertz CT molecular complexity index is 689. The second kappa shape index (κ2) is 6.73. The molecule has 2 aromatic heterocycles. The van der Waals surface area contributed by atoms with E-state index in [0.717, 1.165) is 36.7 Å². The van der Waals surface area contributed by atoms with Gasteiger partial charge < -0.3 is 10.2 Å². The monoisotopic (exact) mass is 311 g/mol. The molecule has 120 valence electrons. The molecular formula is C17H21N5O. The molecule has 1 N–H and O–H groups in total. The highest BCUT2D eigenvalue weighted by Crippen LogP contribution is 2.19. The Kier molecular flexibility index (Phi) is 4.50. The quantitative estimate of drug-likeness (QED) is 0.936. The molecule has 1 aliphatic heterocycles. The van der Waals surface area contributed by atoms with Gasteiger partial charge in [-0.3, -0.25) is 9.78 Å². The number of aromatic nitrogens is 3. The normalized spacial score (nSPS) is 18.1. The number of hydrogen-bond acceptors (Lipinski definition) is 5. The van der Waals surface area contributed by atoms with Crippen molar-refractivity contribution >= 4 is 11.7 Å². The lowest BCUT2D eigenvalue weighted by atomic mass is 9.96. The van der Waals surface area contributed by atoms with Crippen LogP contribution < -0.4 is 5.32 Å². The standard InChI is InChI=1S/C17H21N5O/c1-12-9-15(19-11-13-6-8-22(2)16(23)10-13)21-17(20-12)14-5-3-4-7-18-14/h3-5,7,9,13H,6,8,10-11H2,1-2H3,(H,19,20,21)/t13-/m0/s1. The number of aryl methyl sites for hydroxylation is 1. The van der Waals surface area contributed by atoms with Crippen LogP contribution in [-0.4, -0.2) is 45.9 Å². The topological polar surface area (TPSA) is 71.0 Å². The van der Waals surface area contributed by atoms with Gasteiger partial charge in [-0.1, -0.05) is 6.07 Å². The molecule has 0 saturated carbocycles. The van der Waals surface area contributed by atoms with Crippen LogP contribution in [0.15, 0.2) is 30.5 Å². The van der Waals surface area contributed by atoms with E-state index in [4.69, 9.17) is 0 Å². The molecule has 1 aliphatic rings. The summed E-state index contributed by atoms with van der Waals surface area (Å²) < 4.78 is 0. The lowest BCUT2D eigenvalue weighted by Gasteiger charge is -2.28. The predicted molar refractivity (Wildman–Crippen MR) is 88.9 cm³/mol. The largest absolute Gasteiger partial charge is 0.370 e. The maximum Gasteiger partial charge on any atom is 0.222 e. The van der Waals surface area contributed by atoms with Crippen molar-refractivity contribution in [2.75, 3.05) is 25.5 Å². The highest BCUT2D eigenvalue weighted by Gasteiger charge is 2.23. The van der Waals surface area contributed by atoms with Crippen molar-refractivity contribution in [2.45, 2.75) is 19.8 Å². The molecule has 6 nitrogen and oxygen atoms in total. The van der Waals surface area contributed by atoms with E-state index in [1.54, 1.807) is 11.1 Å². The van der Waals surface area contributed by atoms with E-state index in [2.05, 4.69) is 20.3 Å². The minimum absolute atomic E-state index is 0.219. The number of pyridine rings is 1. The van der Waals surface area contributed by atoms with Gasteiger partial charge in [0, 0.05) is 44.5 Å². The van der Waals surface area contributed by atoms with E-state index in [-0.39, 0.29) is 5.91 Å². The number of likely N-dealkylation sites (tertiary alicyclic amines) is 1. The molecule has 0 spiro atoms. The molecule has 0 unspecified atom stereocenters. The summed E-state index contributed by atoms with van der Waals surface area (Å²) in [6.07, 6.45) is 3.35. The highest BCUT2D eigenvalue weighted by molar-refractivity contribution is 5.76. The van der Waals surface area contributed by atoms with Crippen molar-refractivity contribution in [1.82, 2.24) is 19.9 Å². The summed E-state index contributed by atoms with van der Waals surface area (Å²) in [4.78, 5) is 26.9. The number of nitrogens with zero attached hydrogens (tertiary/aromatic N) is 4. The van der Waals surface area contributed by atoms with Crippen molar-refractivity contribution in [3.05, 3.63) is 36.2 Å². The van der Waals surface area contributed by atoms with Crippen LogP contribution in [0.25, 0.3) is 11.5 Å². The molecule has 0 aliphatic carbocycles. The van der Waals surface area contributed by atoms with Crippen LogP contribution in [0.1, 0.15) is 18.5 Å². The van der Waals surface area contributed by atoms with Gasteiger partial charge in [0.1, 0.15) is 11.5 Å². The van der Waals surface area contributed by atoms with Crippen molar-refractivity contribution < 1.29 is 4.79 Å². The fourth-order valence-electron chi connectivity index (χ4n) is 2.70. The summed E-state index contributed by atoms with van der Waals surface area (Å²) in [6, 6.07) is 7.61. The zero-order chi connectivity index (χ0) is 16.2. The molecule has 3 rings (SSSR count). The molecule has 1 atom stereocenters. The summed E-state index contributed by atoms with van der Waals surface area (Å²) in [6.45, 7) is 3.52. The second-order valence-electron chi connectivity index (χ2n) is 5.99. The fraction of sp³-hybridized carbons (Fsp3) is 0.412. The van der Waals surface area contributed by atoms with Gasteiger partial charge in [-0.25, -0.2) is 9.97 Å². The number of anilines is 1. The number of nitrogens with one attached hydrogen (secondary N) is 1. The predicted octanol–water partition coefficient (Wildman–Crippen LogP) is 2.13. The summed E-state index contributed by atoms with van der Waals surface area (Å²) in [5.41, 5.74) is 1.65. The summed E-state index contributed by atoms with van der Waals surface area (Å²) in [5, 5.41) is 3.35. The van der Waals surface area contributed by atoms with Gasteiger partial charge >= 0.3 is 0 Å². The molecule has 1 saturated heterocycles. The molecule has 1 amide bonds. The van der Waals surface area contributed by atoms with E-state index < -0.39 is 0 Å². The van der Waals surface area contributed by atoms with Crippen molar-refractivity contribution in [1.29, 1.82) is 0 Å². The Balaban J connectivity index is 1.69. The first kappa shape index (κ1) is 15.4. The van der Waals surface area contributed by atoms with Crippen LogP contribution in [0.4, 0.5) is 5.82 Å². The molecule has 23 heavy (non-hydrogen) atoms. The number of rotatable bonds is 4. The number of piperidine rings is 1. The molecule has 1 fully saturated rings. The third kappa shape index (κ3) is 3.83. The molecule has 6 heteroatoms. The van der Waals surface area contributed by atoms with Crippen LogP contribution in [-0.2, 0) is 4.79 Å². The van der Waals surface area contributed by atoms with Gasteiger partial charge in [-0.2, -0.15) is 0 Å². The average molecular weight is 311 g/mol. The fourth-order valence-corrected chi connectivity index (χ4v) is 2.70. The molecular weight excluding hydrogens is 290 g/mol. The third-order valence-corrected chi connectivity index (χ3v) is 4.08. The average Bonchev–Trinajstić information content (AvgIpc) is 2.56. The molecule has 3 heterocycles. The summed E-state index contributed by atoms with van der Waals surface area (Å²) >= 11 is 0. The molecule has 2 aromatic rings. The lowest BCUT2D eigenvalue weighted by molar-refractivity contribution is -0.133. The van der Waals surface area contributed by atoms with E-state index >= 15 is 0 Å². The van der Waals surface area contributed by atoms with Crippen molar-refractivity contribution in [3.8, 4) is 11.5 Å². The third-order valence-electron chi connectivity index (χ3n) is 4.08. The number of amides is 1. The molecule has 0 aromatic carbocycles. The van der Waals surface area contributed by atoms with E-state index in [1.165, 1.54) is 0 Å². The minimum Gasteiger partial charge on any atom is -0.370 e. The highest BCUT2D eigenvalue weighted by atomic mass is 16.2. The van der Waals surface area contributed by atoms with Gasteiger partial charge in [0.25, 0.3) is 0 Å². The Morgan fingerprint density at radius 1 is 1.35 bits per heavy atom. The number of carbonyl (C=O) groups is 1. The van der Waals surface area contributed by atoms with E-state index in [9.17, 15) is 4.79 Å². The maximum absolute atomic E-state index is 11.8. The van der Waals surface area contributed by atoms with Crippen LogP contribution >= 0.6 is 0 Å². The second-order valence-corrected chi connectivity index (χ2v) is 5.99. The van der Waals surface area contributed by atoms with Crippen LogP contribution in [0.3, 0.4) is 0 Å². The van der Waals surface area contributed by atoms with Gasteiger partial charge in [0.15, 0.2) is 5.82 Å². The smallest absolute Gasteiger partial charge is 0.222 e. The first-order chi connectivity index (χ1) is 11.1. The Hall–Kier alpha value is -2.50. The Morgan fingerprint density at radius 2 is 2.22 bits per heavy atom. The van der Waals surface area contributed by atoms with Crippen LogP contribution in [0, 0.1) is 12.8 Å². The minimum atomic E-state index is 0.219. The molecule has 0 bridgehead atoms. The van der Waals surface area contributed by atoms with Crippen molar-refractivity contribution in [3.63, 3.8) is 0 Å². The van der Waals surface area contributed by atoms with Gasteiger partial charge in [-0.05, 0) is 31.4 Å². The molecule has 0 radical (unpaired) electrons. The Labute approximate surface area is 136 Å². The van der Waals surface area contributed by atoms with Crippen LogP contribution in [0.2, 0.25) is 0 Å². The zero-order valence-electron chi connectivity index (χ0n) is 13.5. The van der Waals surface area contributed by atoms with Gasteiger partial charge in [-0.15, -0.1) is 0 Å². The van der Waals surface area contributed by atoms with E-state index in [1.807, 2.05) is 38.2 Å². The maximum atomic E-state index is 11.8. The zero-order valence-corrected chi connectivity index (χ0v) is 13.5. The first-order valence-corrected chi connectivity index (χ1v) is 7.87. The number of hydrogen-bond donors (Lipinski definition) is 1. The number of carbonyl (C=O) groups excluding carboxylic acids is 1. The van der Waals surface area contributed by atoms with Gasteiger partial charge in [0.05, 0.1) is 0 Å². The Morgan fingerprint density at radius 3 is 2.96 bits per heavy atom. The first-order valence-electron chi connectivity index (χ1n) is 7.87. The summed E-state index contributed by atoms with van der Waals surface area (Å²) in [7, 11) is 1.86. The van der Waals surface area contributed by atoms with Crippen LogP contribution in [0.5, 0.6) is 0 Å². The van der Waals surface area contributed by atoms with Crippen molar-refractivity contribution in [2.24, 2.45) is 5.92 Å².